The van der Waals surface area contributed by atoms with Crippen molar-refractivity contribution in [3.63, 3.8) is 0 Å². The van der Waals surface area contributed by atoms with E-state index in [0.29, 0.717) is 24.6 Å². The molecule has 4 atom stereocenters. The molecule has 4 heteroatoms. The number of aliphatic hydroxyl groups is 1. The van der Waals surface area contributed by atoms with Gasteiger partial charge in [0.25, 0.3) is 0 Å². The standard InChI is InChI=1S/C16H22N2O2/c1-20-9-18-8-11(19)6-13-12-3-2-4-14-16(12)10(7-17-14)5-15(13)18/h2-4,10-11,13,15,17,19H,5-9H2,1H3/t10?,11-,13?,15-/m1/s1. The Labute approximate surface area is 119 Å². The number of ether oxygens (including phenoxy) is 1. The maximum atomic E-state index is 10.2. The van der Waals surface area contributed by atoms with Gasteiger partial charge in [0, 0.05) is 43.8 Å². The van der Waals surface area contributed by atoms with E-state index in [2.05, 4.69) is 28.4 Å². The number of nitrogens with zero attached hydrogens (tertiary/aromatic N) is 1. The van der Waals surface area contributed by atoms with Crippen molar-refractivity contribution in [2.45, 2.75) is 36.8 Å². The van der Waals surface area contributed by atoms with Crippen molar-refractivity contribution in [1.29, 1.82) is 0 Å². The molecule has 0 spiro atoms. The molecule has 0 amide bonds. The van der Waals surface area contributed by atoms with E-state index in [1.165, 1.54) is 23.2 Å². The van der Waals surface area contributed by atoms with Crippen molar-refractivity contribution < 1.29 is 9.84 Å². The van der Waals surface area contributed by atoms with Crippen LogP contribution in [0.15, 0.2) is 18.2 Å². The maximum absolute atomic E-state index is 10.2. The highest BCUT2D eigenvalue weighted by molar-refractivity contribution is 5.63. The summed E-state index contributed by atoms with van der Waals surface area (Å²) < 4.78 is 5.35. The van der Waals surface area contributed by atoms with Gasteiger partial charge in [-0.25, -0.2) is 0 Å². The minimum absolute atomic E-state index is 0.242. The van der Waals surface area contributed by atoms with Gasteiger partial charge in [0.1, 0.15) is 0 Å². The quantitative estimate of drug-likeness (QED) is 0.862. The second-order valence-electron chi connectivity index (χ2n) is 6.37. The molecule has 1 saturated heterocycles. The summed E-state index contributed by atoms with van der Waals surface area (Å²) in [6, 6.07) is 7.10. The van der Waals surface area contributed by atoms with Gasteiger partial charge < -0.3 is 15.2 Å². The lowest BCUT2D eigenvalue weighted by atomic mass is 9.70. The van der Waals surface area contributed by atoms with Crippen LogP contribution in [0.2, 0.25) is 0 Å². The predicted octanol–water partition coefficient (Wildman–Crippen LogP) is 1.72. The summed E-state index contributed by atoms with van der Waals surface area (Å²) in [6.45, 7) is 2.41. The molecular weight excluding hydrogens is 252 g/mol. The van der Waals surface area contributed by atoms with Gasteiger partial charge in [0.15, 0.2) is 0 Å². The zero-order chi connectivity index (χ0) is 13.7. The minimum atomic E-state index is -0.242. The number of methoxy groups -OCH3 is 1. The van der Waals surface area contributed by atoms with Crippen LogP contribution in [0.3, 0.4) is 0 Å². The third-order valence-corrected chi connectivity index (χ3v) is 5.21. The Morgan fingerprint density at radius 2 is 2.30 bits per heavy atom. The Bertz CT molecular complexity index is 519. The summed E-state index contributed by atoms with van der Waals surface area (Å²) in [4.78, 5) is 2.33. The van der Waals surface area contributed by atoms with Crippen molar-refractivity contribution in [3.8, 4) is 0 Å². The van der Waals surface area contributed by atoms with Crippen LogP contribution in [0, 0.1) is 0 Å². The van der Waals surface area contributed by atoms with E-state index in [0.717, 1.165) is 19.5 Å². The molecule has 4 nitrogen and oxygen atoms in total. The van der Waals surface area contributed by atoms with E-state index in [1.54, 1.807) is 7.11 Å². The Hall–Kier alpha value is -1.10. The number of likely N-dealkylation sites (tertiary alicyclic amines) is 1. The summed E-state index contributed by atoms with van der Waals surface area (Å²) in [7, 11) is 1.74. The first-order valence-corrected chi connectivity index (χ1v) is 7.55. The fourth-order valence-corrected chi connectivity index (χ4v) is 4.49. The fraction of sp³-hybridized carbons (Fsp3) is 0.625. The van der Waals surface area contributed by atoms with E-state index in [9.17, 15) is 5.11 Å². The molecule has 0 bridgehead atoms. The van der Waals surface area contributed by atoms with Gasteiger partial charge in [-0.05, 0) is 30.0 Å². The molecule has 2 unspecified atom stereocenters. The van der Waals surface area contributed by atoms with Gasteiger partial charge >= 0.3 is 0 Å². The topological polar surface area (TPSA) is 44.7 Å². The van der Waals surface area contributed by atoms with Crippen molar-refractivity contribution in [2.75, 3.05) is 32.2 Å². The first-order chi connectivity index (χ1) is 9.78. The van der Waals surface area contributed by atoms with Gasteiger partial charge in [-0.2, -0.15) is 0 Å². The molecule has 0 aromatic heterocycles. The van der Waals surface area contributed by atoms with Crippen LogP contribution in [0.1, 0.15) is 35.8 Å². The minimum Gasteiger partial charge on any atom is -0.392 e. The average Bonchev–Trinajstić information content (AvgIpc) is 2.85. The maximum Gasteiger partial charge on any atom is 0.0989 e. The Morgan fingerprint density at radius 3 is 3.15 bits per heavy atom. The van der Waals surface area contributed by atoms with Crippen LogP contribution in [-0.4, -0.2) is 49.1 Å². The van der Waals surface area contributed by atoms with E-state index in [-0.39, 0.29) is 6.10 Å². The number of aliphatic hydroxyl groups excluding tert-OH is 1. The van der Waals surface area contributed by atoms with Crippen LogP contribution in [0.25, 0.3) is 0 Å². The van der Waals surface area contributed by atoms with Gasteiger partial charge in [0.05, 0.1) is 12.8 Å². The van der Waals surface area contributed by atoms with E-state index in [1.807, 2.05) is 0 Å². The number of hydrogen-bond acceptors (Lipinski definition) is 4. The van der Waals surface area contributed by atoms with Crippen LogP contribution < -0.4 is 5.32 Å². The molecule has 4 rings (SSSR count). The summed E-state index contributed by atoms with van der Waals surface area (Å²) in [5.74, 6) is 1.07. The van der Waals surface area contributed by atoms with Crippen molar-refractivity contribution in [3.05, 3.63) is 29.3 Å². The smallest absolute Gasteiger partial charge is 0.0989 e. The second kappa shape index (κ2) is 4.72. The largest absolute Gasteiger partial charge is 0.392 e. The molecule has 2 aliphatic heterocycles. The molecule has 2 heterocycles. The SMILES string of the molecule is COCN1C[C@H](O)CC2c3cccc4c3C(CN4)C[C@H]21. The first-order valence-electron chi connectivity index (χ1n) is 7.55. The number of anilines is 1. The van der Waals surface area contributed by atoms with Crippen molar-refractivity contribution in [2.24, 2.45) is 0 Å². The van der Waals surface area contributed by atoms with Gasteiger partial charge in [-0.3, -0.25) is 4.90 Å². The van der Waals surface area contributed by atoms with Crippen molar-refractivity contribution >= 4 is 5.69 Å². The number of rotatable bonds is 2. The number of nitrogens with one attached hydrogen (secondary N) is 1. The molecule has 0 radical (unpaired) electrons. The second-order valence-corrected chi connectivity index (χ2v) is 6.37. The lowest BCUT2D eigenvalue weighted by Crippen LogP contribution is -2.52. The van der Waals surface area contributed by atoms with Gasteiger partial charge in [0.2, 0.25) is 0 Å². The number of benzene rings is 1. The van der Waals surface area contributed by atoms with E-state index >= 15 is 0 Å². The molecule has 1 aliphatic carbocycles. The predicted molar refractivity (Wildman–Crippen MR) is 78.0 cm³/mol. The zero-order valence-corrected chi connectivity index (χ0v) is 11.9. The highest BCUT2D eigenvalue weighted by Crippen LogP contribution is 2.50. The van der Waals surface area contributed by atoms with Crippen LogP contribution in [0.5, 0.6) is 0 Å². The highest BCUT2D eigenvalue weighted by Gasteiger charge is 2.44. The molecule has 0 saturated carbocycles. The fourth-order valence-electron chi connectivity index (χ4n) is 4.49. The molecule has 20 heavy (non-hydrogen) atoms. The third-order valence-electron chi connectivity index (χ3n) is 5.21. The molecule has 1 aromatic carbocycles. The average molecular weight is 274 g/mol. The first kappa shape index (κ1) is 12.6. The van der Waals surface area contributed by atoms with Crippen LogP contribution >= 0.6 is 0 Å². The Balaban J connectivity index is 1.75. The van der Waals surface area contributed by atoms with E-state index < -0.39 is 0 Å². The Morgan fingerprint density at radius 1 is 1.40 bits per heavy atom. The van der Waals surface area contributed by atoms with Crippen LogP contribution in [-0.2, 0) is 4.74 Å². The molecule has 1 aromatic rings. The summed E-state index contributed by atoms with van der Waals surface area (Å²) in [6.07, 6.45) is 1.82. The number of hydrogen-bond donors (Lipinski definition) is 2. The third kappa shape index (κ3) is 1.79. The molecule has 3 aliphatic rings. The molecule has 108 valence electrons. The van der Waals surface area contributed by atoms with E-state index in [4.69, 9.17) is 4.74 Å². The van der Waals surface area contributed by atoms with Gasteiger partial charge in [-0.15, -0.1) is 0 Å². The molecule has 2 N–H and O–H groups in total. The number of fused-ring (bicyclic) bond motifs is 2. The summed E-state index contributed by atoms with van der Waals surface area (Å²) >= 11 is 0. The normalized spacial score (nSPS) is 35.3. The van der Waals surface area contributed by atoms with Gasteiger partial charge in [-0.1, -0.05) is 12.1 Å². The lowest BCUT2D eigenvalue weighted by molar-refractivity contribution is -0.0461. The Kier molecular flexibility index (Phi) is 2.98. The zero-order valence-electron chi connectivity index (χ0n) is 11.9. The molecule has 1 fully saturated rings. The highest BCUT2D eigenvalue weighted by atomic mass is 16.5. The van der Waals surface area contributed by atoms with Crippen LogP contribution in [0.4, 0.5) is 5.69 Å². The number of piperidine rings is 1. The monoisotopic (exact) mass is 274 g/mol. The lowest BCUT2D eigenvalue weighted by Gasteiger charge is -2.47. The number of β-amino-alcohol motifs (C(OH)–C–C–N with tert-alkyl or cyclic N) is 1. The summed E-state index contributed by atoms with van der Waals surface area (Å²) in [5.41, 5.74) is 4.28. The van der Waals surface area contributed by atoms with Crippen molar-refractivity contribution in [1.82, 2.24) is 4.90 Å². The molecular formula is C16H22N2O2. The summed E-state index contributed by atoms with van der Waals surface area (Å²) in [5, 5.41) is 13.7.